The molecule has 158 valence electrons. The summed E-state index contributed by atoms with van der Waals surface area (Å²) in [6, 6.07) is 4.64. The van der Waals surface area contributed by atoms with Gasteiger partial charge in [0.2, 0.25) is 5.95 Å². The maximum absolute atomic E-state index is 4.97. The molecule has 0 spiro atoms. The van der Waals surface area contributed by atoms with Crippen molar-refractivity contribution >= 4 is 33.7 Å². The highest BCUT2D eigenvalue weighted by Gasteiger charge is 2.24. The third-order valence-corrected chi connectivity index (χ3v) is 6.91. The predicted molar refractivity (Wildman–Crippen MR) is 122 cm³/mol. The van der Waals surface area contributed by atoms with Crippen LogP contribution in [-0.4, -0.2) is 31.0 Å². The molecule has 0 bridgehead atoms. The molecule has 0 saturated heterocycles. The highest BCUT2D eigenvalue weighted by atomic mass is 15.2. The molecule has 4 aromatic rings. The zero-order valence-electron chi connectivity index (χ0n) is 17.8. The number of anilines is 2. The standard InChI is InChI=1S/C24H27N7/c1-15-2-4-18(5-3-15)31-21-14-26-9-7-19(21)20-13-28-24(30-23(20)31)29-22-10-17-11-25-8-6-16(17)12-27-22/h7,9-10,12-15,18,25H,2-6,8,11H2,1H3,(H,27,28,29,30). The van der Waals surface area contributed by atoms with Gasteiger partial charge in [0.25, 0.3) is 0 Å². The van der Waals surface area contributed by atoms with Gasteiger partial charge in [-0.25, -0.2) is 9.97 Å². The van der Waals surface area contributed by atoms with Gasteiger partial charge in [0.15, 0.2) is 0 Å². The minimum atomic E-state index is 0.455. The summed E-state index contributed by atoms with van der Waals surface area (Å²) in [5.41, 5.74) is 4.75. The van der Waals surface area contributed by atoms with Gasteiger partial charge in [-0.05, 0) is 67.8 Å². The lowest BCUT2D eigenvalue weighted by molar-refractivity contribution is 0.298. The van der Waals surface area contributed by atoms with Gasteiger partial charge in [0, 0.05) is 41.9 Å². The molecule has 1 aliphatic carbocycles. The number of rotatable bonds is 3. The smallest absolute Gasteiger partial charge is 0.230 e. The van der Waals surface area contributed by atoms with Crippen molar-refractivity contribution < 1.29 is 0 Å². The van der Waals surface area contributed by atoms with E-state index in [2.05, 4.69) is 49.2 Å². The third-order valence-electron chi connectivity index (χ3n) is 6.91. The molecule has 0 atom stereocenters. The summed E-state index contributed by atoms with van der Waals surface area (Å²) in [4.78, 5) is 18.6. The van der Waals surface area contributed by atoms with Crippen LogP contribution in [0.15, 0.2) is 36.9 Å². The summed E-state index contributed by atoms with van der Waals surface area (Å²) in [6.07, 6.45) is 13.6. The van der Waals surface area contributed by atoms with Crippen LogP contribution in [0.2, 0.25) is 0 Å². The molecular weight excluding hydrogens is 386 g/mol. The lowest BCUT2D eigenvalue weighted by Crippen LogP contribution is -2.23. The Hall–Kier alpha value is -3.06. The Labute approximate surface area is 181 Å². The molecule has 0 amide bonds. The molecule has 7 nitrogen and oxygen atoms in total. The average molecular weight is 414 g/mol. The van der Waals surface area contributed by atoms with E-state index in [0.29, 0.717) is 12.0 Å². The second-order valence-corrected chi connectivity index (χ2v) is 9.00. The van der Waals surface area contributed by atoms with Crippen LogP contribution in [0.5, 0.6) is 0 Å². The average Bonchev–Trinajstić information content (AvgIpc) is 3.13. The van der Waals surface area contributed by atoms with Crippen LogP contribution in [0.1, 0.15) is 49.8 Å². The van der Waals surface area contributed by atoms with E-state index >= 15 is 0 Å². The van der Waals surface area contributed by atoms with Gasteiger partial charge >= 0.3 is 0 Å². The Morgan fingerprint density at radius 2 is 1.94 bits per heavy atom. The summed E-state index contributed by atoms with van der Waals surface area (Å²) in [5.74, 6) is 2.18. The Morgan fingerprint density at radius 3 is 2.84 bits per heavy atom. The first-order valence-electron chi connectivity index (χ1n) is 11.3. The maximum Gasteiger partial charge on any atom is 0.230 e. The minimum absolute atomic E-state index is 0.455. The number of pyridine rings is 2. The van der Waals surface area contributed by atoms with Crippen LogP contribution in [0.3, 0.4) is 0 Å². The first-order valence-corrected chi connectivity index (χ1v) is 11.3. The molecule has 2 N–H and O–H groups in total. The molecule has 4 aromatic heterocycles. The molecule has 2 aliphatic rings. The van der Waals surface area contributed by atoms with Crippen molar-refractivity contribution in [2.24, 2.45) is 5.92 Å². The summed E-state index contributed by atoms with van der Waals surface area (Å²) < 4.78 is 2.40. The van der Waals surface area contributed by atoms with Crippen molar-refractivity contribution in [3.63, 3.8) is 0 Å². The van der Waals surface area contributed by atoms with E-state index in [9.17, 15) is 0 Å². The lowest BCUT2D eigenvalue weighted by atomic mass is 9.87. The van der Waals surface area contributed by atoms with Crippen molar-refractivity contribution in [1.82, 2.24) is 29.8 Å². The van der Waals surface area contributed by atoms with E-state index in [1.165, 1.54) is 42.2 Å². The van der Waals surface area contributed by atoms with E-state index in [-0.39, 0.29) is 0 Å². The molecule has 1 fully saturated rings. The molecule has 5 heterocycles. The number of hydrogen-bond acceptors (Lipinski definition) is 6. The Kier molecular flexibility index (Phi) is 4.56. The van der Waals surface area contributed by atoms with Crippen LogP contribution in [0.25, 0.3) is 21.9 Å². The fourth-order valence-corrected chi connectivity index (χ4v) is 5.14. The van der Waals surface area contributed by atoms with Crippen molar-refractivity contribution in [2.45, 2.75) is 51.6 Å². The van der Waals surface area contributed by atoms with Crippen molar-refractivity contribution in [3.8, 4) is 0 Å². The fourth-order valence-electron chi connectivity index (χ4n) is 5.14. The highest BCUT2D eigenvalue weighted by Crippen LogP contribution is 2.38. The Bertz CT molecular complexity index is 1250. The zero-order chi connectivity index (χ0) is 20.8. The molecular formula is C24H27N7. The Morgan fingerprint density at radius 1 is 1.03 bits per heavy atom. The van der Waals surface area contributed by atoms with Crippen molar-refractivity contribution in [1.29, 1.82) is 0 Å². The first-order chi connectivity index (χ1) is 15.3. The van der Waals surface area contributed by atoms with E-state index in [0.717, 1.165) is 47.8 Å². The van der Waals surface area contributed by atoms with Crippen LogP contribution in [-0.2, 0) is 13.0 Å². The van der Waals surface area contributed by atoms with Crippen LogP contribution in [0.4, 0.5) is 11.8 Å². The summed E-state index contributed by atoms with van der Waals surface area (Å²) in [6.45, 7) is 4.25. The Balaban J connectivity index is 1.41. The fraction of sp³-hybridized carbons (Fsp3) is 0.417. The molecule has 7 heteroatoms. The molecule has 6 rings (SSSR count). The minimum Gasteiger partial charge on any atom is -0.321 e. The quantitative estimate of drug-likeness (QED) is 0.514. The highest BCUT2D eigenvalue weighted by molar-refractivity contribution is 6.06. The van der Waals surface area contributed by atoms with Crippen LogP contribution >= 0.6 is 0 Å². The van der Waals surface area contributed by atoms with Gasteiger partial charge < -0.3 is 15.2 Å². The summed E-state index contributed by atoms with van der Waals surface area (Å²) in [7, 11) is 0. The normalized spacial score (nSPS) is 21.3. The van der Waals surface area contributed by atoms with E-state index in [4.69, 9.17) is 4.98 Å². The summed E-state index contributed by atoms with van der Waals surface area (Å²) in [5, 5.41) is 9.02. The van der Waals surface area contributed by atoms with Gasteiger partial charge in [-0.2, -0.15) is 4.98 Å². The third kappa shape index (κ3) is 3.33. The zero-order valence-corrected chi connectivity index (χ0v) is 17.8. The van der Waals surface area contributed by atoms with Gasteiger partial charge in [0.05, 0.1) is 11.7 Å². The number of hydrogen-bond donors (Lipinski definition) is 2. The molecule has 1 aliphatic heterocycles. The number of nitrogens with zero attached hydrogens (tertiary/aromatic N) is 5. The lowest BCUT2D eigenvalue weighted by Gasteiger charge is -2.28. The molecule has 0 radical (unpaired) electrons. The van der Waals surface area contributed by atoms with Crippen molar-refractivity contribution in [2.75, 3.05) is 11.9 Å². The maximum atomic E-state index is 4.97. The van der Waals surface area contributed by atoms with Crippen LogP contribution in [0, 0.1) is 5.92 Å². The number of fused-ring (bicyclic) bond motifs is 4. The SMILES string of the molecule is CC1CCC(n2c3cnccc3c3cnc(Nc4cc5c(cn4)CCNC5)nc32)CC1. The van der Waals surface area contributed by atoms with Crippen LogP contribution < -0.4 is 10.6 Å². The monoisotopic (exact) mass is 413 g/mol. The number of aromatic nitrogens is 5. The molecule has 1 saturated carbocycles. The molecule has 0 unspecified atom stereocenters. The van der Waals surface area contributed by atoms with Gasteiger partial charge in [-0.3, -0.25) is 4.98 Å². The topological polar surface area (TPSA) is 80.5 Å². The second-order valence-electron chi connectivity index (χ2n) is 9.00. The second kappa shape index (κ2) is 7.57. The van der Waals surface area contributed by atoms with E-state index in [1.807, 2.05) is 24.8 Å². The largest absolute Gasteiger partial charge is 0.321 e. The first kappa shape index (κ1) is 18.7. The summed E-state index contributed by atoms with van der Waals surface area (Å²) >= 11 is 0. The van der Waals surface area contributed by atoms with Gasteiger partial charge in [-0.1, -0.05) is 6.92 Å². The molecule has 0 aromatic carbocycles. The van der Waals surface area contributed by atoms with Gasteiger partial charge in [-0.15, -0.1) is 0 Å². The van der Waals surface area contributed by atoms with Gasteiger partial charge in [0.1, 0.15) is 11.5 Å². The van der Waals surface area contributed by atoms with Crippen molar-refractivity contribution in [3.05, 3.63) is 48.0 Å². The predicted octanol–water partition coefficient (Wildman–Crippen LogP) is 4.52. The van der Waals surface area contributed by atoms with E-state index < -0.39 is 0 Å². The molecule has 31 heavy (non-hydrogen) atoms. The number of nitrogens with one attached hydrogen (secondary N) is 2. The van der Waals surface area contributed by atoms with E-state index in [1.54, 1.807) is 0 Å².